The standard InChI is InChI=1S/C42H46Si.2CH3.Hf/c1-9-24-43(8,35-25-31-12-10-14-37(39(31)27-35)29-16-20-33(21-17-29)41(2,3)4)36-26-32-13-11-15-38(40(32)28-36)30-18-22-34(23-19-30)42(5,6)7;;;/h10-23,25-28H,9,24H2,1-8H3;2*1H3;/q-2;2*-1;+4. The van der Waals surface area contributed by atoms with Gasteiger partial charge in [-0.15, -0.1) is 68.3 Å². The van der Waals surface area contributed by atoms with Gasteiger partial charge in [0.2, 0.25) is 0 Å². The normalized spacial score (nSPS) is 12.0. The maximum absolute atomic E-state index is 2.59. The maximum Gasteiger partial charge on any atom is 4.00 e. The van der Waals surface area contributed by atoms with E-state index in [-0.39, 0.29) is 51.5 Å². The molecule has 6 rings (SSSR count). The van der Waals surface area contributed by atoms with Gasteiger partial charge in [-0.25, -0.2) is 0 Å². The molecule has 0 radical (unpaired) electrons. The van der Waals surface area contributed by atoms with Gasteiger partial charge >= 0.3 is 25.8 Å². The van der Waals surface area contributed by atoms with Gasteiger partial charge in [0.1, 0.15) is 0 Å². The van der Waals surface area contributed by atoms with E-state index in [0.717, 1.165) is 0 Å². The van der Waals surface area contributed by atoms with Crippen LogP contribution in [0.25, 0.3) is 43.8 Å². The predicted molar refractivity (Wildman–Crippen MR) is 206 cm³/mol. The molecule has 0 atom stereocenters. The molecular weight excluding hydrogens is 735 g/mol. The van der Waals surface area contributed by atoms with Gasteiger partial charge < -0.3 is 14.9 Å². The molecule has 0 nitrogen and oxygen atoms in total. The summed E-state index contributed by atoms with van der Waals surface area (Å²) in [7, 11) is -1.98. The van der Waals surface area contributed by atoms with Crippen molar-refractivity contribution in [1.29, 1.82) is 0 Å². The van der Waals surface area contributed by atoms with Crippen molar-refractivity contribution in [3.05, 3.63) is 135 Å². The van der Waals surface area contributed by atoms with Gasteiger partial charge in [-0.2, -0.15) is 12.1 Å². The zero-order valence-electron chi connectivity index (χ0n) is 29.8. The molecule has 0 aromatic heterocycles. The molecular formula is C44H52HfSi. The van der Waals surface area contributed by atoms with Gasteiger partial charge in [0.15, 0.2) is 0 Å². The van der Waals surface area contributed by atoms with E-state index in [1.807, 2.05) is 0 Å². The molecule has 0 heterocycles. The Labute approximate surface area is 299 Å². The third-order valence-electron chi connectivity index (χ3n) is 9.65. The Morgan fingerprint density at radius 2 is 0.935 bits per heavy atom. The minimum absolute atomic E-state index is 0. The van der Waals surface area contributed by atoms with Crippen LogP contribution in [-0.4, -0.2) is 8.07 Å². The molecule has 46 heavy (non-hydrogen) atoms. The fraction of sp³-hybridized carbons (Fsp3) is 0.273. The number of benzene rings is 4. The average molecular weight is 787 g/mol. The molecule has 0 spiro atoms. The van der Waals surface area contributed by atoms with Crippen LogP contribution in [0.4, 0.5) is 0 Å². The topological polar surface area (TPSA) is 0 Å². The van der Waals surface area contributed by atoms with Crippen molar-refractivity contribution in [2.24, 2.45) is 0 Å². The summed E-state index contributed by atoms with van der Waals surface area (Å²) < 4.78 is 0. The second-order valence-electron chi connectivity index (χ2n) is 14.8. The first-order chi connectivity index (χ1) is 20.4. The van der Waals surface area contributed by atoms with Crippen LogP contribution in [0.2, 0.25) is 12.6 Å². The van der Waals surface area contributed by atoms with Crippen LogP contribution in [0, 0.1) is 14.9 Å². The Balaban J connectivity index is 0.00000192. The van der Waals surface area contributed by atoms with Crippen molar-refractivity contribution < 1.29 is 25.8 Å². The largest absolute Gasteiger partial charge is 4.00 e. The minimum atomic E-state index is -1.98. The second kappa shape index (κ2) is 14.1. The monoisotopic (exact) mass is 788 g/mol. The number of rotatable bonds is 6. The van der Waals surface area contributed by atoms with Crippen molar-refractivity contribution in [3.63, 3.8) is 0 Å². The summed E-state index contributed by atoms with van der Waals surface area (Å²) in [6.45, 7) is 18.6. The van der Waals surface area contributed by atoms with Gasteiger partial charge in [-0.05, 0) is 33.1 Å². The van der Waals surface area contributed by atoms with E-state index in [1.54, 1.807) is 10.4 Å². The van der Waals surface area contributed by atoms with Gasteiger partial charge in [0.05, 0.1) is 8.07 Å². The zero-order valence-corrected chi connectivity index (χ0v) is 34.4. The number of hydrogen-bond donors (Lipinski definition) is 0. The van der Waals surface area contributed by atoms with E-state index < -0.39 is 8.07 Å². The third-order valence-corrected chi connectivity index (χ3v) is 14.3. The smallest absolute Gasteiger partial charge is 0.358 e. The van der Waals surface area contributed by atoms with Gasteiger partial charge in [-0.3, -0.25) is 0 Å². The van der Waals surface area contributed by atoms with Crippen molar-refractivity contribution in [2.75, 3.05) is 0 Å². The Morgan fingerprint density at radius 3 is 1.26 bits per heavy atom. The molecule has 0 saturated carbocycles. The Kier molecular flexibility index (Phi) is 11.6. The summed E-state index contributed by atoms with van der Waals surface area (Å²) >= 11 is 0. The summed E-state index contributed by atoms with van der Waals surface area (Å²) in [5.74, 6) is 0. The number of fused-ring (bicyclic) bond motifs is 2. The van der Waals surface area contributed by atoms with Crippen LogP contribution >= 0.6 is 0 Å². The third kappa shape index (κ3) is 7.04. The summed E-state index contributed by atoms with van der Waals surface area (Å²) in [5, 5.41) is 8.58. The fourth-order valence-electron chi connectivity index (χ4n) is 6.86. The second-order valence-corrected chi connectivity index (χ2v) is 19.2. The molecule has 0 unspecified atom stereocenters. The van der Waals surface area contributed by atoms with Gasteiger partial charge in [0, 0.05) is 0 Å². The van der Waals surface area contributed by atoms with E-state index in [4.69, 9.17) is 0 Å². The summed E-state index contributed by atoms with van der Waals surface area (Å²) in [4.78, 5) is 0. The molecule has 2 heteroatoms. The van der Waals surface area contributed by atoms with E-state index >= 15 is 0 Å². The first-order valence-electron chi connectivity index (χ1n) is 16.0. The van der Waals surface area contributed by atoms with Crippen LogP contribution in [0.3, 0.4) is 0 Å². The van der Waals surface area contributed by atoms with Crippen LogP contribution in [0.15, 0.2) is 109 Å². The van der Waals surface area contributed by atoms with Crippen LogP contribution in [0.1, 0.15) is 66.0 Å². The van der Waals surface area contributed by atoms with Crippen LogP contribution < -0.4 is 10.4 Å². The maximum atomic E-state index is 2.59. The molecule has 0 amide bonds. The first kappa shape index (κ1) is 37.6. The molecule has 0 fully saturated rings. The van der Waals surface area contributed by atoms with Crippen LogP contribution in [0.5, 0.6) is 0 Å². The van der Waals surface area contributed by atoms with Crippen molar-refractivity contribution in [3.8, 4) is 22.3 Å². The molecule has 0 saturated heterocycles. The fourth-order valence-corrected chi connectivity index (χ4v) is 10.6. The summed E-state index contributed by atoms with van der Waals surface area (Å²) in [6.07, 6.45) is 1.19. The first-order valence-corrected chi connectivity index (χ1v) is 18.7. The van der Waals surface area contributed by atoms with Crippen molar-refractivity contribution in [1.82, 2.24) is 0 Å². The summed E-state index contributed by atoms with van der Waals surface area (Å²) in [6, 6.07) is 43.4. The molecule has 0 bridgehead atoms. The number of hydrogen-bond acceptors (Lipinski definition) is 0. The quantitative estimate of drug-likeness (QED) is 0.117. The van der Waals surface area contributed by atoms with Crippen LogP contribution in [-0.2, 0) is 36.7 Å². The molecule has 0 aliphatic heterocycles. The Bertz CT molecular complexity index is 1750. The Hall–Kier alpha value is -2.81. The SMILES string of the molecule is CCC[Si](C)(c1cc2c(-c3ccc(C(C)(C)C)cc3)cccc2[cH-]1)c1cc2c(-c3ccc(C(C)(C)C)cc3)cccc2[cH-]1.[CH3-].[CH3-].[Hf+4]. The van der Waals surface area contributed by atoms with E-state index in [9.17, 15) is 0 Å². The molecule has 0 aliphatic carbocycles. The predicted octanol–water partition coefficient (Wildman–Crippen LogP) is 11.9. The molecule has 236 valence electrons. The van der Waals surface area contributed by atoms with Crippen molar-refractivity contribution >= 4 is 40.0 Å². The molecule has 0 N–H and O–H groups in total. The molecule has 6 aromatic rings. The average Bonchev–Trinajstić information content (AvgIpc) is 3.62. The summed E-state index contributed by atoms with van der Waals surface area (Å²) in [5.41, 5.74) is 8.35. The Morgan fingerprint density at radius 1 is 0.565 bits per heavy atom. The zero-order chi connectivity index (χ0) is 30.6. The van der Waals surface area contributed by atoms with E-state index in [1.165, 1.54) is 67.4 Å². The van der Waals surface area contributed by atoms with E-state index in [0.29, 0.717) is 0 Å². The van der Waals surface area contributed by atoms with Gasteiger partial charge in [0.25, 0.3) is 0 Å². The van der Waals surface area contributed by atoms with Crippen molar-refractivity contribution in [2.45, 2.75) is 78.3 Å². The van der Waals surface area contributed by atoms with Gasteiger partial charge in [-0.1, -0.05) is 139 Å². The van der Waals surface area contributed by atoms with E-state index in [2.05, 4.69) is 164 Å². The molecule has 6 aromatic carbocycles. The minimum Gasteiger partial charge on any atom is -0.358 e. The molecule has 0 aliphatic rings.